The second-order valence-electron chi connectivity index (χ2n) is 12.4. The van der Waals surface area contributed by atoms with Crippen molar-refractivity contribution < 1.29 is 33.2 Å². The van der Waals surface area contributed by atoms with Crippen molar-refractivity contribution in [3.63, 3.8) is 0 Å². The number of carbonyl (C=O) groups excluding carboxylic acids is 1. The summed E-state index contributed by atoms with van der Waals surface area (Å²) in [5, 5.41) is 0. The zero-order valence-electron chi connectivity index (χ0n) is 27.3. The fraction of sp³-hybridized carbons (Fsp3) is 0.262. The Morgan fingerprint density at radius 1 is 0.653 bits per heavy atom. The molecule has 0 saturated carbocycles. The average molecular weight is 657 g/mol. The summed E-state index contributed by atoms with van der Waals surface area (Å²) < 4.78 is 38.6. The maximum absolute atomic E-state index is 13.3. The molecule has 5 aromatic carbocycles. The van der Waals surface area contributed by atoms with E-state index in [1.807, 2.05) is 127 Å². The first kappa shape index (κ1) is 32.7. The van der Waals surface area contributed by atoms with Gasteiger partial charge in [0.2, 0.25) is 6.29 Å². The van der Waals surface area contributed by atoms with Gasteiger partial charge in [-0.3, -0.25) is 4.79 Å². The van der Waals surface area contributed by atoms with Gasteiger partial charge < -0.3 is 28.4 Å². The van der Waals surface area contributed by atoms with Crippen molar-refractivity contribution in [3.8, 4) is 11.5 Å². The van der Waals surface area contributed by atoms with Gasteiger partial charge in [0, 0.05) is 6.42 Å². The van der Waals surface area contributed by atoms with Crippen molar-refractivity contribution in [2.75, 3.05) is 6.61 Å². The Kier molecular flexibility index (Phi) is 10.7. The number of benzene rings is 5. The maximum Gasteiger partial charge on any atom is 0.202 e. The van der Waals surface area contributed by atoms with Crippen molar-refractivity contribution in [3.05, 3.63) is 167 Å². The minimum atomic E-state index is -0.669. The van der Waals surface area contributed by atoms with Crippen LogP contribution in [0, 0.1) is 0 Å². The Morgan fingerprint density at radius 3 is 1.90 bits per heavy atom. The molecule has 5 aromatic rings. The standard InChI is InChI=1S/C42H40O7/c43-36-24-38(33-19-11-4-12-20-33)48-37-22-21-34(23-35(36)37)47-41-25-39(45-27-31-15-7-2-8-16-31)42(46-28-32-17-9-3-10-18-32)40(49-41)29-44-26-30-13-5-1-6-14-30/h1-23,38-42H,24-29H2/t38?,39-,40-,41+,42+/m1/s1. The minimum Gasteiger partial charge on any atom is -0.484 e. The number of hydrogen-bond acceptors (Lipinski definition) is 7. The van der Waals surface area contributed by atoms with Crippen LogP contribution in [-0.2, 0) is 38.8 Å². The molecule has 7 heteroatoms. The van der Waals surface area contributed by atoms with E-state index < -0.39 is 18.5 Å². The van der Waals surface area contributed by atoms with Crippen LogP contribution in [0.4, 0.5) is 0 Å². The molecule has 0 aromatic heterocycles. The summed E-state index contributed by atoms with van der Waals surface area (Å²) in [7, 11) is 0. The number of ether oxygens (including phenoxy) is 6. The molecular formula is C42H40O7. The van der Waals surface area contributed by atoms with E-state index in [9.17, 15) is 4.79 Å². The van der Waals surface area contributed by atoms with E-state index in [0.29, 0.717) is 43.3 Å². The molecule has 0 N–H and O–H groups in total. The van der Waals surface area contributed by atoms with Crippen LogP contribution in [0.1, 0.15) is 51.6 Å². The molecule has 1 fully saturated rings. The third kappa shape index (κ3) is 8.63. The van der Waals surface area contributed by atoms with E-state index in [1.165, 1.54) is 0 Å². The van der Waals surface area contributed by atoms with Crippen LogP contribution in [0.2, 0.25) is 0 Å². The second-order valence-corrected chi connectivity index (χ2v) is 12.4. The van der Waals surface area contributed by atoms with Crippen molar-refractivity contribution in [1.82, 2.24) is 0 Å². The van der Waals surface area contributed by atoms with Crippen molar-refractivity contribution in [1.29, 1.82) is 0 Å². The molecule has 7 rings (SSSR count). The summed E-state index contributed by atoms with van der Waals surface area (Å²) in [5.74, 6) is 1.08. The molecule has 2 aliphatic rings. The highest BCUT2D eigenvalue weighted by Gasteiger charge is 2.42. The number of fused-ring (bicyclic) bond motifs is 1. The van der Waals surface area contributed by atoms with E-state index in [-0.39, 0.29) is 31.0 Å². The summed E-state index contributed by atoms with van der Waals surface area (Å²) in [5.41, 5.74) is 4.67. The first-order valence-corrected chi connectivity index (χ1v) is 16.8. The fourth-order valence-corrected chi connectivity index (χ4v) is 6.27. The first-order valence-electron chi connectivity index (χ1n) is 16.8. The summed E-state index contributed by atoms with van der Waals surface area (Å²) in [4.78, 5) is 13.3. The largest absolute Gasteiger partial charge is 0.484 e. The van der Waals surface area contributed by atoms with E-state index in [4.69, 9.17) is 28.4 Å². The summed E-state index contributed by atoms with van der Waals surface area (Å²) >= 11 is 0. The number of Topliss-reactive ketones (excluding diaryl/α,β-unsaturated/α-hetero) is 1. The average Bonchev–Trinajstić information content (AvgIpc) is 3.15. The molecule has 0 bridgehead atoms. The van der Waals surface area contributed by atoms with Crippen LogP contribution in [0.3, 0.4) is 0 Å². The molecule has 1 saturated heterocycles. The molecule has 0 radical (unpaired) electrons. The van der Waals surface area contributed by atoms with Gasteiger partial charge in [0.25, 0.3) is 0 Å². The lowest BCUT2D eigenvalue weighted by Gasteiger charge is -2.41. The van der Waals surface area contributed by atoms with E-state index in [0.717, 1.165) is 22.3 Å². The number of carbonyl (C=O) groups is 1. The highest BCUT2D eigenvalue weighted by atomic mass is 16.7. The van der Waals surface area contributed by atoms with Crippen LogP contribution in [0.15, 0.2) is 140 Å². The lowest BCUT2D eigenvalue weighted by atomic mass is 9.96. The van der Waals surface area contributed by atoms with Crippen LogP contribution < -0.4 is 9.47 Å². The van der Waals surface area contributed by atoms with Crippen LogP contribution >= 0.6 is 0 Å². The third-order valence-corrected chi connectivity index (χ3v) is 8.80. The molecule has 0 aliphatic carbocycles. The highest BCUT2D eigenvalue weighted by molar-refractivity contribution is 6.00. The second kappa shape index (κ2) is 16.1. The predicted octanol–water partition coefficient (Wildman–Crippen LogP) is 8.27. The molecule has 0 spiro atoms. The third-order valence-electron chi connectivity index (χ3n) is 8.80. The fourth-order valence-electron chi connectivity index (χ4n) is 6.27. The van der Waals surface area contributed by atoms with Gasteiger partial charge in [0.15, 0.2) is 5.78 Å². The van der Waals surface area contributed by atoms with Crippen LogP contribution in [0.25, 0.3) is 0 Å². The SMILES string of the molecule is O=C1CC(c2ccccc2)Oc2ccc(O[C@@H]3C[C@@H](OCc4ccccc4)[C@H](OCc4ccccc4)[C@@H](COCc4ccccc4)O3)cc21. The van der Waals surface area contributed by atoms with Gasteiger partial charge in [-0.15, -0.1) is 0 Å². The summed E-state index contributed by atoms with van der Waals surface area (Å²) in [6.07, 6.45) is -1.58. The molecule has 2 heterocycles. The molecule has 0 amide bonds. The van der Waals surface area contributed by atoms with Gasteiger partial charge in [0.1, 0.15) is 29.8 Å². The zero-order chi connectivity index (χ0) is 33.3. The zero-order valence-corrected chi connectivity index (χ0v) is 27.3. The number of hydrogen-bond donors (Lipinski definition) is 0. The first-order chi connectivity index (χ1) is 24.2. The Balaban J connectivity index is 1.10. The van der Waals surface area contributed by atoms with Crippen LogP contribution in [-0.4, -0.2) is 37.0 Å². The quantitative estimate of drug-likeness (QED) is 0.126. The predicted molar refractivity (Wildman–Crippen MR) is 185 cm³/mol. The monoisotopic (exact) mass is 656 g/mol. The van der Waals surface area contributed by atoms with Gasteiger partial charge in [-0.2, -0.15) is 0 Å². The normalized spacial score (nSPS) is 21.8. The smallest absolute Gasteiger partial charge is 0.202 e. The Labute approximate surface area is 287 Å². The molecule has 7 nitrogen and oxygen atoms in total. The Morgan fingerprint density at radius 2 is 1.24 bits per heavy atom. The van der Waals surface area contributed by atoms with Gasteiger partial charge in [-0.1, -0.05) is 121 Å². The van der Waals surface area contributed by atoms with Gasteiger partial charge in [-0.05, 0) is 40.5 Å². The van der Waals surface area contributed by atoms with Gasteiger partial charge in [-0.25, -0.2) is 0 Å². The van der Waals surface area contributed by atoms with E-state index in [2.05, 4.69) is 0 Å². The molecular weight excluding hydrogens is 616 g/mol. The Hall–Kier alpha value is -4.79. The van der Waals surface area contributed by atoms with E-state index >= 15 is 0 Å². The Bertz CT molecular complexity index is 1770. The highest BCUT2D eigenvalue weighted by Crippen LogP contribution is 2.38. The summed E-state index contributed by atoms with van der Waals surface area (Å²) in [6, 6.07) is 45.4. The molecule has 250 valence electrons. The van der Waals surface area contributed by atoms with Crippen molar-refractivity contribution in [2.45, 2.75) is 63.4 Å². The number of rotatable bonds is 13. The van der Waals surface area contributed by atoms with Gasteiger partial charge >= 0.3 is 0 Å². The van der Waals surface area contributed by atoms with Gasteiger partial charge in [0.05, 0.1) is 44.5 Å². The minimum absolute atomic E-state index is 0.00995. The van der Waals surface area contributed by atoms with Crippen molar-refractivity contribution >= 4 is 5.78 Å². The lowest BCUT2D eigenvalue weighted by molar-refractivity contribution is -0.257. The number of ketones is 1. The maximum atomic E-state index is 13.3. The van der Waals surface area contributed by atoms with E-state index in [1.54, 1.807) is 12.1 Å². The lowest BCUT2D eigenvalue weighted by Crippen LogP contribution is -2.53. The molecule has 5 atom stereocenters. The van der Waals surface area contributed by atoms with Crippen LogP contribution in [0.5, 0.6) is 11.5 Å². The summed E-state index contributed by atoms with van der Waals surface area (Å²) in [6.45, 7) is 1.52. The molecule has 49 heavy (non-hydrogen) atoms. The molecule has 1 unspecified atom stereocenters. The topological polar surface area (TPSA) is 72.5 Å². The molecule has 2 aliphatic heterocycles. The van der Waals surface area contributed by atoms with Crippen molar-refractivity contribution in [2.24, 2.45) is 0 Å².